The number of pyridine rings is 2. The summed E-state index contributed by atoms with van der Waals surface area (Å²) in [6.07, 6.45) is 5.01. The van der Waals surface area contributed by atoms with Crippen molar-refractivity contribution in [2.24, 2.45) is 17.3 Å². The summed E-state index contributed by atoms with van der Waals surface area (Å²) in [6.45, 7) is 1.67. The van der Waals surface area contributed by atoms with Crippen molar-refractivity contribution >= 4 is 70.1 Å². The molecule has 8 amide bonds. The fraction of sp³-hybridized carbons (Fsp3) is 0.467. The van der Waals surface area contributed by atoms with Crippen LogP contribution in [0.1, 0.15) is 104 Å². The highest BCUT2D eigenvalue weighted by atomic mass is 19.1. The van der Waals surface area contributed by atoms with Crippen LogP contribution in [0.25, 0.3) is 22.3 Å². The van der Waals surface area contributed by atoms with Gasteiger partial charge in [0.15, 0.2) is 5.60 Å². The van der Waals surface area contributed by atoms with Gasteiger partial charge in [0.25, 0.3) is 17.4 Å². The predicted octanol–water partition coefficient (Wildman–Crippen LogP) is 0.351. The number of ether oxygens (including phenoxy) is 2. The first-order valence-corrected chi connectivity index (χ1v) is 28.8. The van der Waals surface area contributed by atoms with Crippen LogP contribution < -0.4 is 42.8 Å². The van der Waals surface area contributed by atoms with E-state index in [9.17, 15) is 57.8 Å². The number of benzene rings is 2. The van der Waals surface area contributed by atoms with E-state index in [1.807, 2.05) is 6.92 Å². The molecule has 0 spiro atoms. The molecule has 4 aromatic rings. The molecule has 3 aliphatic carbocycles. The Morgan fingerprint density at radius 3 is 2.29 bits per heavy atom. The Bertz CT molecular complexity index is 3600. The summed E-state index contributed by atoms with van der Waals surface area (Å²) in [6, 6.07) is 8.26. The molecule has 0 bridgehead atoms. The van der Waals surface area contributed by atoms with Crippen molar-refractivity contribution in [2.75, 3.05) is 46.1 Å². The molecule has 5 heterocycles. The smallest absolute Gasteiger partial charge is 0.343 e. The lowest BCUT2D eigenvalue weighted by Crippen LogP contribution is -2.56. The molecule has 9 N–H and O–H groups in total. The lowest BCUT2D eigenvalue weighted by molar-refractivity contribution is -0.172. The van der Waals surface area contributed by atoms with Gasteiger partial charge in [0.2, 0.25) is 35.4 Å². The highest BCUT2D eigenvalue weighted by Gasteiger charge is 2.49. The standard InChI is InChI=1S/C60H67FN10O15/c1-4-60(84)38-19-43-52-36(26-70(43)55(80)37(38)27-86-58(60)83)51-40(13-12-33-31(3)39(61)20-41(68-52)50(33)51)69-57(82)59(14-8-9-15-59)28-85-29-66-46(73)23-64-53(78)42(17-32-10-6-5-7-11-32)67-47(74)24-63-45(72)22-65-54(79)44(21-62-25-49(76)77)71-48(75)18-35(56(71)81)34-16-30(34)2/h5-7,10-11,18-20,30,34,40,42,44,62,84H,4,8-9,12-17,21-29H2,1-3H3,(H,63,72)(H,64,78)(H,65,79)(H,66,73)(H,67,74)(H,69,82)(H,76,77)/t30?,34-,40-,42-,44-,60-/m0/s1. The van der Waals surface area contributed by atoms with Gasteiger partial charge in [-0.1, -0.05) is 57.0 Å². The molecule has 6 atom stereocenters. The minimum atomic E-state index is -2.06. The van der Waals surface area contributed by atoms with Gasteiger partial charge in [-0.15, -0.1) is 0 Å². The SMILES string of the molecule is CC[C@@]1(O)C(=O)OCc2c1cc1n(c2=O)Cc2c-1nc1cc(F)c(C)c3c1c2[C@@H](NC(=O)C1(COCNC(=O)CNC(=O)[C@H](Cc2ccccc2)NC(=O)CNC(=O)CNC(=O)[C@H](CNCC(=O)O)N2C(=O)C=C([C@H]4CC4C)C2=O)CCCC1)CC3. The van der Waals surface area contributed by atoms with Crippen LogP contribution in [0.3, 0.4) is 0 Å². The number of cyclic esters (lactones) is 1. The second-order valence-corrected chi connectivity index (χ2v) is 23.0. The van der Waals surface area contributed by atoms with E-state index in [1.165, 1.54) is 16.7 Å². The number of carboxylic acid groups (broad SMARTS) is 1. The van der Waals surface area contributed by atoms with E-state index in [4.69, 9.17) is 19.6 Å². The van der Waals surface area contributed by atoms with E-state index in [2.05, 4.69) is 37.2 Å². The third kappa shape index (κ3) is 12.0. The summed E-state index contributed by atoms with van der Waals surface area (Å²) >= 11 is 0. The van der Waals surface area contributed by atoms with E-state index in [1.54, 1.807) is 50.2 Å². The number of carbonyl (C=O) groups excluding carboxylic acids is 9. The number of fused-ring (bicyclic) bond motifs is 5. The van der Waals surface area contributed by atoms with Crippen LogP contribution in [-0.4, -0.2) is 142 Å². The number of aromatic nitrogens is 2. The maximum Gasteiger partial charge on any atom is 0.343 e. The molecule has 26 heteroatoms. The summed E-state index contributed by atoms with van der Waals surface area (Å²) in [4.78, 5) is 151. The van der Waals surface area contributed by atoms with Crippen molar-refractivity contribution in [1.82, 2.24) is 51.7 Å². The van der Waals surface area contributed by atoms with Crippen molar-refractivity contribution in [3.05, 3.63) is 109 Å². The summed E-state index contributed by atoms with van der Waals surface area (Å²) in [5.74, 6) is -8.24. The number of rotatable bonds is 24. The second kappa shape index (κ2) is 24.7. The lowest BCUT2D eigenvalue weighted by atomic mass is 9.80. The molecule has 2 aromatic carbocycles. The summed E-state index contributed by atoms with van der Waals surface area (Å²) < 4.78 is 28.3. The fourth-order valence-electron chi connectivity index (χ4n) is 12.5. The number of hydrogen-bond donors (Lipinski definition) is 9. The van der Waals surface area contributed by atoms with E-state index < -0.39 is 127 Å². The number of halogens is 1. The van der Waals surface area contributed by atoms with Crippen LogP contribution in [0.15, 0.2) is 58.9 Å². The Balaban J connectivity index is 0.733. The molecule has 6 aliphatic rings. The Hall–Kier alpha value is -8.75. The van der Waals surface area contributed by atoms with Crippen LogP contribution >= 0.6 is 0 Å². The highest BCUT2D eigenvalue weighted by molar-refractivity contribution is 6.18. The van der Waals surface area contributed by atoms with Gasteiger partial charge >= 0.3 is 11.9 Å². The van der Waals surface area contributed by atoms with Gasteiger partial charge in [-0.3, -0.25) is 52.8 Å². The number of carboxylic acids is 1. The first-order chi connectivity index (χ1) is 41.1. The predicted molar refractivity (Wildman–Crippen MR) is 301 cm³/mol. The Kier molecular flexibility index (Phi) is 17.3. The quantitative estimate of drug-likeness (QED) is 0.0174. The van der Waals surface area contributed by atoms with Crippen molar-refractivity contribution < 1.29 is 72.0 Å². The number of esters is 1. The van der Waals surface area contributed by atoms with Crippen molar-refractivity contribution in [1.29, 1.82) is 0 Å². The van der Waals surface area contributed by atoms with Gasteiger partial charge in [-0.25, -0.2) is 14.2 Å². The van der Waals surface area contributed by atoms with E-state index in [-0.39, 0.29) is 73.8 Å². The monoisotopic (exact) mass is 1190 g/mol. The number of amides is 8. The number of aryl methyl sites for hydroxylation is 1. The van der Waals surface area contributed by atoms with Gasteiger partial charge in [-0.2, -0.15) is 0 Å². The zero-order chi connectivity index (χ0) is 61.4. The van der Waals surface area contributed by atoms with Gasteiger partial charge in [0, 0.05) is 47.2 Å². The average Bonchev–Trinajstić information content (AvgIpc) is 1.46. The van der Waals surface area contributed by atoms with Crippen molar-refractivity contribution in [2.45, 2.75) is 115 Å². The molecule has 0 radical (unpaired) electrons. The normalized spacial score (nSPS) is 21.0. The Morgan fingerprint density at radius 1 is 0.895 bits per heavy atom. The van der Waals surface area contributed by atoms with Crippen LogP contribution in [0, 0.1) is 30.0 Å². The van der Waals surface area contributed by atoms with Crippen molar-refractivity contribution in [3.8, 4) is 11.4 Å². The largest absolute Gasteiger partial charge is 0.480 e. The fourth-order valence-corrected chi connectivity index (χ4v) is 12.5. The molecular formula is C60H67FN10O15. The van der Waals surface area contributed by atoms with Gasteiger partial charge in [-0.05, 0) is 85.6 Å². The van der Waals surface area contributed by atoms with E-state index in [0.29, 0.717) is 76.6 Å². The van der Waals surface area contributed by atoms with E-state index >= 15 is 4.39 Å². The number of aliphatic hydroxyl groups is 1. The molecule has 2 aromatic heterocycles. The molecule has 25 nitrogen and oxygen atoms in total. The molecule has 1 unspecified atom stereocenters. The number of nitrogens with zero attached hydrogens (tertiary/aromatic N) is 3. The first kappa shape index (κ1) is 60.4. The molecule has 2 saturated carbocycles. The van der Waals surface area contributed by atoms with Gasteiger partial charge < -0.3 is 61.5 Å². The minimum Gasteiger partial charge on any atom is -0.480 e. The zero-order valence-electron chi connectivity index (χ0n) is 47.7. The minimum absolute atomic E-state index is 0.0164. The number of imide groups is 1. The maximum atomic E-state index is 15.6. The summed E-state index contributed by atoms with van der Waals surface area (Å²) in [5.41, 5.74) is 1.26. The summed E-state index contributed by atoms with van der Waals surface area (Å²) in [7, 11) is 0. The summed E-state index contributed by atoms with van der Waals surface area (Å²) in [5, 5.41) is 39.4. The van der Waals surface area contributed by atoms with Crippen LogP contribution in [0.4, 0.5) is 4.39 Å². The number of aliphatic carboxylic acids is 1. The lowest BCUT2D eigenvalue weighted by Gasteiger charge is -2.34. The third-order valence-corrected chi connectivity index (χ3v) is 17.4. The van der Waals surface area contributed by atoms with Crippen LogP contribution in [0.5, 0.6) is 0 Å². The molecular weight excluding hydrogens is 1120 g/mol. The topological polar surface area (TPSA) is 352 Å². The average molecular weight is 1190 g/mol. The highest BCUT2D eigenvalue weighted by Crippen LogP contribution is 2.48. The molecule has 0 saturated heterocycles. The van der Waals surface area contributed by atoms with Crippen molar-refractivity contribution in [3.63, 3.8) is 0 Å². The van der Waals surface area contributed by atoms with Gasteiger partial charge in [0.05, 0.1) is 73.3 Å². The van der Waals surface area contributed by atoms with Gasteiger partial charge in [0.1, 0.15) is 31.2 Å². The molecule has 2 fully saturated rings. The molecule has 10 rings (SSSR count). The molecule has 3 aliphatic heterocycles. The molecule has 454 valence electrons. The Labute approximate surface area is 491 Å². The number of nitrogens with one attached hydrogen (secondary N) is 7. The molecule has 86 heavy (non-hydrogen) atoms. The Morgan fingerprint density at radius 2 is 1.59 bits per heavy atom. The number of hydrogen-bond acceptors (Lipinski definition) is 16. The maximum absolute atomic E-state index is 15.6. The second-order valence-electron chi connectivity index (χ2n) is 23.0. The zero-order valence-corrected chi connectivity index (χ0v) is 47.7. The van der Waals surface area contributed by atoms with E-state index in [0.717, 1.165) is 23.3 Å². The van der Waals surface area contributed by atoms with Crippen LogP contribution in [-0.2, 0) is 89.0 Å². The van der Waals surface area contributed by atoms with Crippen LogP contribution in [0.2, 0.25) is 0 Å². The first-order valence-electron chi connectivity index (χ1n) is 28.8. The number of carbonyl (C=O) groups is 10. The third-order valence-electron chi connectivity index (χ3n) is 17.4.